The largest absolute Gasteiger partial charge is 0.417 e. The molecule has 0 aromatic rings. The second-order valence-electron chi connectivity index (χ2n) is 7.87. The first kappa shape index (κ1) is 14.3. The number of fused-ring (bicyclic) bond motifs is 2. The molecule has 2 aliphatic rings. The minimum absolute atomic E-state index is 0.262. The molecule has 0 spiro atoms. The van der Waals surface area contributed by atoms with Crippen molar-refractivity contribution in [3.63, 3.8) is 0 Å². The predicted molar refractivity (Wildman–Crippen MR) is 77.0 cm³/mol. The van der Waals surface area contributed by atoms with Crippen LogP contribution in [-0.4, -0.2) is 20.7 Å². The van der Waals surface area contributed by atoms with Crippen LogP contribution in [0.4, 0.5) is 0 Å². The summed E-state index contributed by atoms with van der Waals surface area (Å²) >= 11 is 0. The number of Topliss-reactive ketones (excluding diaryl/α,β-unsaturated/α-hetero) is 1. The maximum atomic E-state index is 11.9. The SMILES string of the molecule is C[C@H]1[C@@H]2CC(=O)[C@@H](C2)[C@@H]1CO[Si](C)(C)C(C)(C)C. The van der Waals surface area contributed by atoms with E-state index < -0.39 is 8.32 Å². The third-order valence-corrected chi connectivity index (χ3v) is 10.3. The van der Waals surface area contributed by atoms with Crippen molar-refractivity contribution in [3.8, 4) is 0 Å². The fraction of sp³-hybridized carbons (Fsp3) is 0.933. The number of hydrogen-bond acceptors (Lipinski definition) is 2. The van der Waals surface area contributed by atoms with Gasteiger partial charge in [-0.1, -0.05) is 27.7 Å². The zero-order valence-electron chi connectivity index (χ0n) is 12.7. The van der Waals surface area contributed by atoms with E-state index in [0.717, 1.165) is 19.4 Å². The van der Waals surface area contributed by atoms with E-state index >= 15 is 0 Å². The van der Waals surface area contributed by atoms with Crippen molar-refractivity contribution < 1.29 is 9.22 Å². The Morgan fingerprint density at radius 3 is 2.44 bits per heavy atom. The van der Waals surface area contributed by atoms with Crippen LogP contribution in [0.5, 0.6) is 0 Å². The van der Waals surface area contributed by atoms with Gasteiger partial charge < -0.3 is 4.43 Å². The Balaban J connectivity index is 1.97. The van der Waals surface area contributed by atoms with Gasteiger partial charge in [-0.05, 0) is 42.3 Å². The molecule has 104 valence electrons. The number of hydrogen-bond donors (Lipinski definition) is 0. The van der Waals surface area contributed by atoms with Crippen LogP contribution in [-0.2, 0) is 9.22 Å². The van der Waals surface area contributed by atoms with E-state index in [-0.39, 0.29) is 5.04 Å². The summed E-state index contributed by atoms with van der Waals surface area (Å²) in [5, 5.41) is 0.262. The van der Waals surface area contributed by atoms with Crippen molar-refractivity contribution in [1.82, 2.24) is 0 Å². The van der Waals surface area contributed by atoms with Crippen molar-refractivity contribution >= 4 is 14.1 Å². The van der Waals surface area contributed by atoms with E-state index in [0.29, 0.717) is 29.5 Å². The third-order valence-electron chi connectivity index (χ3n) is 5.81. The van der Waals surface area contributed by atoms with Gasteiger partial charge in [-0.3, -0.25) is 4.79 Å². The van der Waals surface area contributed by atoms with Gasteiger partial charge in [0.1, 0.15) is 5.78 Å². The lowest BCUT2D eigenvalue weighted by atomic mass is 9.80. The maximum absolute atomic E-state index is 11.9. The second kappa shape index (κ2) is 4.45. The highest BCUT2D eigenvalue weighted by Gasteiger charge is 2.51. The zero-order chi connectivity index (χ0) is 13.7. The molecule has 2 bridgehead atoms. The topological polar surface area (TPSA) is 26.3 Å². The molecule has 2 saturated carbocycles. The van der Waals surface area contributed by atoms with E-state index in [1.54, 1.807) is 0 Å². The highest BCUT2D eigenvalue weighted by atomic mass is 28.4. The quantitative estimate of drug-likeness (QED) is 0.726. The fourth-order valence-electron chi connectivity index (χ4n) is 3.27. The Kier molecular flexibility index (Phi) is 3.52. The van der Waals surface area contributed by atoms with E-state index in [1.165, 1.54) is 0 Å². The Morgan fingerprint density at radius 2 is 1.94 bits per heavy atom. The lowest BCUT2D eigenvalue weighted by Crippen LogP contribution is -2.43. The molecule has 0 saturated heterocycles. The highest BCUT2D eigenvalue weighted by Crippen LogP contribution is 2.50. The van der Waals surface area contributed by atoms with Gasteiger partial charge in [-0.15, -0.1) is 0 Å². The van der Waals surface area contributed by atoms with Gasteiger partial charge in [0.15, 0.2) is 8.32 Å². The summed E-state index contributed by atoms with van der Waals surface area (Å²) in [6, 6.07) is 0. The fourth-order valence-corrected chi connectivity index (χ4v) is 4.31. The van der Waals surface area contributed by atoms with Crippen LogP contribution >= 0.6 is 0 Å². The van der Waals surface area contributed by atoms with Crippen LogP contribution in [0, 0.1) is 23.7 Å². The molecule has 18 heavy (non-hydrogen) atoms. The van der Waals surface area contributed by atoms with Crippen molar-refractivity contribution in [2.24, 2.45) is 23.7 Å². The molecule has 0 aliphatic heterocycles. The number of carbonyl (C=O) groups excluding carboxylic acids is 1. The minimum Gasteiger partial charge on any atom is -0.417 e. The molecule has 0 aromatic heterocycles. The summed E-state index contributed by atoms with van der Waals surface area (Å²) < 4.78 is 6.34. The van der Waals surface area contributed by atoms with Gasteiger partial charge in [0.25, 0.3) is 0 Å². The minimum atomic E-state index is -1.66. The Hall–Kier alpha value is -0.153. The monoisotopic (exact) mass is 268 g/mol. The Bertz CT molecular complexity index is 343. The van der Waals surface area contributed by atoms with Gasteiger partial charge in [-0.25, -0.2) is 0 Å². The molecule has 0 N–H and O–H groups in total. The molecule has 0 aromatic carbocycles. The molecular weight excluding hydrogens is 240 g/mol. The van der Waals surface area contributed by atoms with Crippen molar-refractivity contribution in [2.45, 2.75) is 58.7 Å². The van der Waals surface area contributed by atoms with Gasteiger partial charge in [0.05, 0.1) is 0 Å². The average molecular weight is 268 g/mol. The van der Waals surface area contributed by atoms with E-state index in [1.807, 2.05) is 0 Å². The second-order valence-corrected chi connectivity index (χ2v) is 12.7. The third kappa shape index (κ3) is 2.31. The van der Waals surface area contributed by atoms with Crippen LogP contribution in [0.1, 0.15) is 40.5 Å². The van der Waals surface area contributed by atoms with Crippen molar-refractivity contribution in [2.75, 3.05) is 6.61 Å². The lowest BCUT2D eigenvalue weighted by molar-refractivity contribution is -0.124. The number of ketones is 1. The van der Waals surface area contributed by atoms with Crippen molar-refractivity contribution in [3.05, 3.63) is 0 Å². The Labute approximate surface area is 113 Å². The smallest absolute Gasteiger partial charge is 0.191 e. The van der Waals surface area contributed by atoms with Crippen LogP contribution < -0.4 is 0 Å². The summed E-state index contributed by atoms with van der Waals surface area (Å²) in [4.78, 5) is 11.9. The Morgan fingerprint density at radius 1 is 1.33 bits per heavy atom. The molecule has 2 fully saturated rings. The number of rotatable bonds is 3. The summed E-state index contributed by atoms with van der Waals surface area (Å²) in [7, 11) is -1.66. The number of carbonyl (C=O) groups is 1. The molecule has 2 aliphatic carbocycles. The molecule has 0 heterocycles. The van der Waals surface area contributed by atoms with E-state index in [9.17, 15) is 4.79 Å². The molecular formula is C15H28O2Si. The first-order valence-corrected chi connectivity index (χ1v) is 10.2. The summed E-state index contributed by atoms with van der Waals surface area (Å²) in [6.07, 6.45) is 1.97. The molecule has 2 nitrogen and oxygen atoms in total. The first-order valence-electron chi connectivity index (χ1n) is 7.30. The molecule has 2 rings (SSSR count). The van der Waals surface area contributed by atoms with Gasteiger partial charge in [0, 0.05) is 18.9 Å². The van der Waals surface area contributed by atoms with Gasteiger partial charge >= 0.3 is 0 Å². The molecule has 0 unspecified atom stereocenters. The standard InChI is InChI=1S/C15H28O2Si/c1-10-11-7-12(14(16)8-11)13(10)9-17-18(5,6)15(2,3)4/h10-13H,7-9H2,1-6H3/t10-,11-,12-,13+/m0/s1. The van der Waals surface area contributed by atoms with Crippen LogP contribution in [0.2, 0.25) is 18.1 Å². The van der Waals surface area contributed by atoms with Gasteiger partial charge in [-0.2, -0.15) is 0 Å². The zero-order valence-corrected chi connectivity index (χ0v) is 13.7. The first-order chi connectivity index (χ1) is 8.13. The molecule has 0 amide bonds. The summed E-state index contributed by atoms with van der Waals surface area (Å²) in [6.45, 7) is 14.5. The normalized spacial score (nSPS) is 36.4. The van der Waals surface area contributed by atoms with E-state index in [2.05, 4.69) is 40.8 Å². The van der Waals surface area contributed by atoms with Crippen LogP contribution in [0.15, 0.2) is 0 Å². The maximum Gasteiger partial charge on any atom is 0.191 e. The summed E-state index contributed by atoms with van der Waals surface area (Å²) in [5.74, 6) is 2.63. The van der Waals surface area contributed by atoms with Crippen LogP contribution in [0.25, 0.3) is 0 Å². The van der Waals surface area contributed by atoms with Crippen molar-refractivity contribution in [1.29, 1.82) is 0 Å². The van der Waals surface area contributed by atoms with Crippen LogP contribution in [0.3, 0.4) is 0 Å². The van der Waals surface area contributed by atoms with E-state index in [4.69, 9.17) is 4.43 Å². The molecule has 0 radical (unpaired) electrons. The highest BCUT2D eigenvalue weighted by molar-refractivity contribution is 6.74. The predicted octanol–water partition coefficient (Wildman–Crippen LogP) is 3.87. The van der Waals surface area contributed by atoms with Gasteiger partial charge in [0.2, 0.25) is 0 Å². The summed E-state index contributed by atoms with van der Waals surface area (Å²) in [5.41, 5.74) is 0. The molecule has 4 atom stereocenters. The molecule has 3 heteroatoms. The lowest BCUT2D eigenvalue weighted by Gasteiger charge is -2.38. The average Bonchev–Trinajstić information content (AvgIpc) is 2.71.